The molecule has 0 spiro atoms. The molecule has 0 aliphatic heterocycles. The van der Waals surface area contributed by atoms with Crippen LogP contribution in [-0.4, -0.2) is 24.2 Å². The minimum Gasteiger partial charge on any atom is -0.396 e. The van der Waals surface area contributed by atoms with E-state index in [0.717, 1.165) is 5.56 Å². The van der Waals surface area contributed by atoms with Crippen molar-refractivity contribution in [3.63, 3.8) is 0 Å². The number of hydrogen-bond acceptors (Lipinski definition) is 3. The predicted molar refractivity (Wildman–Crippen MR) is 82.1 cm³/mol. The maximum absolute atomic E-state index is 13.6. The number of halogens is 1. The number of amides is 1. The van der Waals surface area contributed by atoms with Crippen LogP contribution in [0.3, 0.4) is 0 Å². The maximum Gasteiger partial charge on any atom is 0.252 e. The molecule has 1 heterocycles. The van der Waals surface area contributed by atoms with Crippen LogP contribution in [0.2, 0.25) is 0 Å². The maximum atomic E-state index is 13.6. The van der Waals surface area contributed by atoms with Crippen LogP contribution < -0.4 is 5.32 Å². The van der Waals surface area contributed by atoms with E-state index >= 15 is 0 Å². The topological polar surface area (TPSA) is 49.3 Å². The van der Waals surface area contributed by atoms with Crippen LogP contribution in [0.1, 0.15) is 21.5 Å². The van der Waals surface area contributed by atoms with Crippen LogP contribution in [-0.2, 0) is 6.42 Å². The monoisotopic (exact) mass is 307 g/mol. The quantitative estimate of drug-likeness (QED) is 0.862. The van der Waals surface area contributed by atoms with E-state index in [-0.39, 0.29) is 24.2 Å². The summed E-state index contributed by atoms with van der Waals surface area (Å²) in [4.78, 5) is 12.0. The van der Waals surface area contributed by atoms with Crippen molar-refractivity contribution in [3.8, 4) is 0 Å². The first-order valence-electron chi connectivity index (χ1n) is 6.77. The van der Waals surface area contributed by atoms with Crippen LogP contribution in [0.5, 0.6) is 0 Å². The molecule has 0 radical (unpaired) electrons. The number of aliphatic hydroxyl groups is 1. The fourth-order valence-electron chi connectivity index (χ4n) is 2.10. The molecule has 2 rings (SSSR count). The molecule has 0 aliphatic carbocycles. The molecular formula is C16H18FNO2S. The number of carbonyl (C=O) groups excluding carboxylic acids is 1. The summed E-state index contributed by atoms with van der Waals surface area (Å²) in [5, 5.41) is 15.9. The van der Waals surface area contributed by atoms with Gasteiger partial charge in [0.25, 0.3) is 5.91 Å². The zero-order valence-electron chi connectivity index (χ0n) is 11.8. The van der Waals surface area contributed by atoms with Crippen LogP contribution >= 0.6 is 11.3 Å². The highest BCUT2D eigenvalue weighted by atomic mass is 32.1. The van der Waals surface area contributed by atoms with E-state index in [0.29, 0.717) is 24.1 Å². The summed E-state index contributed by atoms with van der Waals surface area (Å²) in [5.74, 6) is -0.638. The van der Waals surface area contributed by atoms with Gasteiger partial charge in [0.05, 0.1) is 5.56 Å². The SMILES string of the molecule is Cc1cscc1C(=O)NC[C@H](CO)Cc1ccccc1F. The summed E-state index contributed by atoms with van der Waals surface area (Å²) in [7, 11) is 0. The standard InChI is InChI=1S/C16H18FNO2S/c1-11-9-21-10-14(11)16(20)18-7-12(8-19)6-13-4-2-3-5-15(13)17/h2-5,9-10,12,19H,6-8H2,1H3,(H,18,20)/t12-/m1/s1. The second-order valence-corrected chi connectivity index (χ2v) is 5.77. The van der Waals surface area contributed by atoms with E-state index in [1.807, 2.05) is 12.3 Å². The van der Waals surface area contributed by atoms with Gasteiger partial charge in [-0.2, -0.15) is 11.3 Å². The van der Waals surface area contributed by atoms with Crippen LogP contribution in [0.15, 0.2) is 35.0 Å². The first kappa shape index (κ1) is 15.7. The molecule has 1 amide bonds. The molecule has 112 valence electrons. The lowest BCUT2D eigenvalue weighted by molar-refractivity contribution is 0.0940. The second-order valence-electron chi connectivity index (χ2n) is 5.02. The summed E-state index contributed by atoms with van der Waals surface area (Å²) in [6.07, 6.45) is 0.395. The molecule has 0 aliphatic rings. The van der Waals surface area contributed by atoms with Crippen molar-refractivity contribution in [3.05, 3.63) is 57.5 Å². The third-order valence-electron chi connectivity index (χ3n) is 3.38. The molecule has 5 heteroatoms. The van der Waals surface area contributed by atoms with Crippen molar-refractivity contribution in [2.75, 3.05) is 13.2 Å². The van der Waals surface area contributed by atoms with Crippen molar-refractivity contribution in [1.82, 2.24) is 5.32 Å². The molecular weight excluding hydrogens is 289 g/mol. The summed E-state index contributed by atoms with van der Waals surface area (Å²) < 4.78 is 13.6. The molecule has 0 saturated carbocycles. The third kappa shape index (κ3) is 4.12. The van der Waals surface area contributed by atoms with Crippen LogP contribution in [0.4, 0.5) is 4.39 Å². The largest absolute Gasteiger partial charge is 0.396 e. The molecule has 0 bridgehead atoms. The Kier molecular flexibility index (Phi) is 5.47. The number of thiophene rings is 1. The van der Waals surface area contributed by atoms with Crippen LogP contribution in [0.25, 0.3) is 0 Å². The zero-order valence-corrected chi connectivity index (χ0v) is 12.6. The Morgan fingerprint density at radius 2 is 2.14 bits per heavy atom. The molecule has 21 heavy (non-hydrogen) atoms. The Hall–Kier alpha value is -1.72. The average molecular weight is 307 g/mol. The van der Waals surface area contributed by atoms with Gasteiger partial charge >= 0.3 is 0 Å². The number of rotatable bonds is 6. The van der Waals surface area contributed by atoms with Gasteiger partial charge in [0, 0.05) is 24.4 Å². The minimum absolute atomic E-state index is 0.1000. The van der Waals surface area contributed by atoms with Gasteiger partial charge in [0.1, 0.15) is 5.82 Å². The van der Waals surface area contributed by atoms with Gasteiger partial charge in [-0.25, -0.2) is 4.39 Å². The number of benzene rings is 1. The van der Waals surface area contributed by atoms with Gasteiger partial charge in [0.2, 0.25) is 0 Å². The fraction of sp³-hybridized carbons (Fsp3) is 0.312. The van der Waals surface area contributed by atoms with Gasteiger partial charge in [-0.15, -0.1) is 0 Å². The highest BCUT2D eigenvalue weighted by molar-refractivity contribution is 7.08. The first-order chi connectivity index (χ1) is 10.1. The van der Waals surface area contributed by atoms with Crippen molar-refractivity contribution < 1.29 is 14.3 Å². The van der Waals surface area contributed by atoms with E-state index in [2.05, 4.69) is 5.32 Å². The lowest BCUT2D eigenvalue weighted by atomic mass is 9.99. The normalized spacial score (nSPS) is 12.1. The Morgan fingerprint density at radius 1 is 1.38 bits per heavy atom. The molecule has 1 aromatic heterocycles. The number of carbonyl (C=O) groups is 1. The van der Waals surface area contributed by atoms with Crippen molar-refractivity contribution in [1.29, 1.82) is 0 Å². The van der Waals surface area contributed by atoms with E-state index in [4.69, 9.17) is 0 Å². The second kappa shape index (κ2) is 7.33. The summed E-state index contributed by atoms with van der Waals surface area (Å²) in [5.41, 5.74) is 2.15. The van der Waals surface area contributed by atoms with Gasteiger partial charge in [-0.3, -0.25) is 4.79 Å². The van der Waals surface area contributed by atoms with E-state index in [9.17, 15) is 14.3 Å². The van der Waals surface area contributed by atoms with Crippen LogP contribution in [0, 0.1) is 18.7 Å². The van der Waals surface area contributed by atoms with E-state index in [1.165, 1.54) is 17.4 Å². The highest BCUT2D eigenvalue weighted by Gasteiger charge is 2.15. The summed E-state index contributed by atoms with van der Waals surface area (Å²) in [6.45, 7) is 2.10. The zero-order chi connectivity index (χ0) is 15.2. The number of aliphatic hydroxyl groups excluding tert-OH is 1. The number of aryl methyl sites for hydroxylation is 1. The first-order valence-corrected chi connectivity index (χ1v) is 7.71. The number of nitrogens with one attached hydrogen (secondary N) is 1. The summed E-state index contributed by atoms with van der Waals surface area (Å²) in [6, 6.07) is 6.49. The van der Waals surface area contributed by atoms with Crippen molar-refractivity contribution in [2.45, 2.75) is 13.3 Å². The Bertz CT molecular complexity index is 612. The Balaban J connectivity index is 1.93. The van der Waals surface area contributed by atoms with Crippen molar-refractivity contribution in [2.24, 2.45) is 5.92 Å². The highest BCUT2D eigenvalue weighted by Crippen LogP contribution is 2.15. The third-order valence-corrected chi connectivity index (χ3v) is 4.24. The molecule has 1 aromatic carbocycles. The number of hydrogen-bond donors (Lipinski definition) is 2. The lowest BCUT2D eigenvalue weighted by Crippen LogP contribution is -2.32. The predicted octanol–water partition coefficient (Wildman–Crippen LogP) is 2.78. The lowest BCUT2D eigenvalue weighted by Gasteiger charge is -2.15. The van der Waals surface area contributed by atoms with Gasteiger partial charge in [-0.1, -0.05) is 18.2 Å². The van der Waals surface area contributed by atoms with Gasteiger partial charge in [0.15, 0.2) is 0 Å². The average Bonchev–Trinajstić information content (AvgIpc) is 2.91. The molecule has 2 N–H and O–H groups in total. The van der Waals surface area contributed by atoms with E-state index in [1.54, 1.807) is 23.6 Å². The van der Waals surface area contributed by atoms with Gasteiger partial charge < -0.3 is 10.4 Å². The van der Waals surface area contributed by atoms with Crippen molar-refractivity contribution >= 4 is 17.2 Å². The molecule has 0 fully saturated rings. The molecule has 1 atom stereocenters. The molecule has 0 unspecified atom stereocenters. The Morgan fingerprint density at radius 3 is 2.76 bits per heavy atom. The molecule has 3 nitrogen and oxygen atoms in total. The van der Waals surface area contributed by atoms with Gasteiger partial charge in [-0.05, 0) is 35.9 Å². The Labute approximate surface area is 127 Å². The minimum atomic E-state index is -0.282. The van der Waals surface area contributed by atoms with E-state index < -0.39 is 0 Å². The molecule has 0 saturated heterocycles. The molecule has 2 aromatic rings. The fourth-order valence-corrected chi connectivity index (χ4v) is 2.93. The smallest absolute Gasteiger partial charge is 0.252 e. The summed E-state index contributed by atoms with van der Waals surface area (Å²) >= 11 is 1.48.